The molecule has 0 bridgehead atoms. The van der Waals surface area contributed by atoms with Crippen molar-refractivity contribution in [1.29, 1.82) is 0 Å². The SMILES string of the molecule is CN(C)c1nnc(Sc2ccc(C(=O)c3nccn3C)cc2[N+](=O)[O-])s1. The Morgan fingerprint density at radius 1 is 1.35 bits per heavy atom. The maximum atomic E-state index is 12.5. The summed E-state index contributed by atoms with van der Waals surface area (Å²) in [5.41, 5.74) is 0.0539. The monoisotopic (exact) mass is 390 g/mol. The minimum atomic E-state index is -0.509. The molecule has 9 nitrogen and oxygen atoms in total. The van der Waals surface area contributed by atoms with Gasteiger partial charge in [-0.05, 0) is 23.9 Å². The summed E-state index contributed by atoms with van der Waals surface area (Å²) in [6.45, 7) is 0. The van der Waals surface area contributed by atoms with Crippen molar-refractivity contribution in [2.45, 2.75) is 9.24 Å². The van der Waals surface area contributed by atoms with Crippen LogP contribution in [0.25, 0.3) is 0 Å². The Kier molecular flexibility index (Phi) is 5.00. The Labute approximate surface area is 156 Å². The first-order valence-electron chi connectivity index (χ1n) is 7.36. The molecule has 0 aliphatic heterocycles. The molecule has 0 spiro atoms. The Bertz CT molecular complexity index is 981. The molecule has 0 saturated heterocycles. The van der Waals surface area contributed by atoms with Crippen molar-refractivity contribution < 1.29 is 9.72 Å². The number of anilines is 1. The fourth-order valence-corrected chi connectivity index (χ4v) is 3.93. The van der Waals surface area contributed by atoms with Gasteiger partial charge in [-0.3, -0.25) is 14.9 Å². The number of carbonyl (C=O) groups is 1. The van der Waals surface area contributed by atoms with Gasteiger partial charge in [0.05, 0.1) is 9.82 Å². The molecule has 0 aliphatic carbocycles. The number of benzene rings is 1. The third kappa shape index (κ3) is 3.58. The summed E-state index contributed by atoms with van der Waals surface area (Å²) >= 11 is 2.48. The number of hydrogen-bond acceptors (Lipinski definition) is 9. The Morgan fingerprint density at radius 3 is 2.69 bits per heavy atom. The van der Waals surface area contributed by atoms with E-state index in [0.29, 0.717) is 14.4 Å². The molecule has 0 aliphatic rings. The van der Waals surface area contributed by atoms with Gasteiger partial charge in [0.15, 0.2) is 10.2 Å². The van der Waals surface area contributed by atoms with Gasteiger partial charge in [-0.2, -0.15) is 0 Å². The van der Waals surface area contributed by atoms with Crippen LogP contribution in [0, 0.1) is 10.1 Å². The second kappa shape index (κ2) is 7.22. The van der Waals surface area contributed by atoms with Crippen LogP contribution in [0.3, 0.4) is 0 Å². The van der Waals surface area contributed by atoms with Gasteiger partial charge in [0.2, 0.25) is 10.9 Å². The number of nitrogens with zero attached hydrogens (tertiary/aromatic N) is 6. The topological polar surface area (TPSA) is 107 Å². The minimum Gasteiger partial charge on any atom is -0.353 e. The Morgan fingerprint density at radius 2 is 2.12 bits per heavy atom. The van der Waals surface area contributed by atoms with Crippen LogP contribution in [0.2, 0.25) is 0 Å². The van der Waals surface area contributed by atoms with Gasteiger partial charge in [-0.25, -0.2) is 4.98 Å². The zero-order valence-electron chi connectivity index (χ0n) is 14.1. The van der Waals surface area contributed by atoms with Crippen LogP contribution in [-0.2, 0) is 7.05 Å². The van der Waals surface area contributed by atoms with E-state index in [2.05, 4.69) is 15.2 Å². The van der Waals surface area contributed by atoms with Crippen LogP contribution in [0.5, 0.6) is 0 Å². The summed E-state index contributed by atoms with van der Waals surface area (Å²) < 4.78 is 2.15. The number of aromatic nitrogens is 4. The van der Waals surface area contributed by atoms with E-state index < -0.39 is 4.92 Å². The molecule has 2 heterocycles. The summed E-state index contributed by atoms with van der Waals surface area (Å²) in [5.74, 6) is -0.151. The molecule has 0 atom stereocenters. The van der Waals surface area contributed by atoms with E-state index in [-0.39, 0.29) is 22.9 Å². The lowest BCUT2D eigenvalue weighted by atomic mass is 10.1. The highest BCUT2D eigenvalue weighted by molar-refractivity contribution is 8.01. The van der Waals surface area contributed by atoms with Crippen molar-refractivity contribution in [3.63, 3.8) is 0 Å². The normalized spacial score (nSPS) is 10.7. The van der Waals surface area contributed by atoms with Gasteiger partial charge in [-0.1, -0.05) is 11.3 Å². The molecule has 3 rings (SSSR count). The predicted molar refractivity (Wildman–Crippen MR) is 98.1 cm³/mol. The van der Waals surface area contributed by atoms with Crippen LogP contribution < -0.4 is 4.90 Å². The molecule has 11 heteroatoms. The van der Waals surface area contributed by atoms with Crippen LogP contribution in [0.4, 0.5) is 10.8 Å². The van der Waals surface area contributed by atoms with E-state index in [0.717, 1.165) is 11.8 Å². The molecule has 2 aromatic heterocycles. The second-order valence-electron chi connectivity index (χ2n) is 5.48. The van der Waals surface area contributed by atoms with Gasteiger partial charge >= 0.3 is 0 Å². The average Bonchev–Trinajstić information content (AvgIpc) is 3.23. The molecular weight excluding hydrogens is 376 g/mol. The lowest BCUT2D eigenvalue weighted by molar-refractivity contribution is -0.387. The zero-order chi connectivity index (χ0) is 18.8. The van der Waals surface area contributed by atoms with Crippen LogP contribution in [-0.4, -0.2) is 44.6 Å². The first-order chi connectivity index (χ1) is 12.4. The van der Waals surface area contributed by atoms with E-state index in [1.54, 1.807) is 29.9 Å². The summed E-state index contributed by atoms with van der Waals surface area (Å²) in [6, 6.07) is 4.38. The number of rotatable bonds is 6. The Hall–Kier alpha value is -2.79. The molecule has 3 aromatic rings. The highest BCUT2D eigenvalue weighted by Gasteiger charge is 2.22. The zero-order valence-corrected chi connectivity index (χ0v) is 15.7. The third-order valence-electron chi connectivity index (χ3n) is 3.42. The molecule has 0 fully saturated rings. The summed E-state index contributed by atoms with van der Waals surface area (Å²) in [7, 11) is 5.38. The Balaban J connectivity index is 1.93. The first kappa shape index (κ1) is 18.0. The van der Waals surface area contributed by atoms with E-state index in [1.807, 2.05) is 19.0 Å². The number of ketones is 1. The van der Waals surface area contributed by atoms with Gasteiger partial charge in [-0.15, -0.1) is 10.2 Å². The number of nitro groups is 1. The lowest BCUT2D eigenvalue weighted by Gasteiger charge is -2.05. The predicted octanol–water partition coefficient (Wildman–Crippen LogP) is 2.63. The average molecular weight is 390 g/mol. The number of imidazole rings is 1. The second-order valence-corrected chi connectivity index (χ2v) is 7.72. The highest BCUT2D eigenvalue weighted by Crippen LogP contribution is 2.38. The first-order valence-corrected chi connectivity index (χ1v) is 8.99. The quantitative estimate of drug-likeness (QED) is 0.359. The molecule has 0 radical (unpaired) electrons. The third-order valence-corrected chi connectivity index (χ3v) is 5.62. The lowest BCUT2D eigenvalue weighted by Crippen LogP contribution is -2.09. The molecule has 0 amide bonds. The van der Waals surface area contributed by atoms with Gasteiger partial charge < -0.3 is 9.47 Å². The molecule has 1 aromatic carbocycles. The molecule has 0 unspecified atom stereocenters. The van der Waals surface area contributed by atoms with E-state index in [4.69, 9.17) is 0 Å². The van der Waals surface area contributed by atoms with Crippen molar-refractivity contribution in [2.75, 3.05) is 19.0 Å². The molecular formula is C15H14N6O3S2. The van der Waals surface area contributed by atoms with Crippen molar-refractivity contribution in [3.8, 4) is 0 Å². The van der Waals surface area contributed by atoms with Crippen molar-refractivity contribution >= 4 is 39.7 Å². The number of aryl methyl sites for hydroxylation is 1. The standard InChI is InChI=1S/C15H14N6O3S2/c1-19(2)14-17-18-15(26-14)25-11-5-4-9(8-10(11)21(23)24)12(22)13-16-6-7-20(13)3/h4-8H,1-3H3. The summed E-state index contributed by atoms with van der Waals surface area (Å²) in [6.07, 6.45) is 3.15. The van der Waals surface area contributed by atoms with Crippen molar-refractivity contribution in [3.05, 3.63) is 52.1 Å². The summed E-state index contributed by atoms with van der Waals surface area (Å²) in [5, 5.41) is 20.2. The van der Waals surface area contributed by atoms with Gasteiger partial charge in [0.25, 0.3) is 5.69 Å². The highest BCUT2D eigenvalue weighted by atomic mass is 32.2. The fourth-order valence-electron chi connectivity index (χ4n) is 2.12. The van der Waals surface area contributed by atoms with Gasteiger partial charge in [0.1, 0.15) is 0 Å². The fraction of sp³-hybridized carbons (Fsp3) is 0.200. The van der Waals surface area contributed by atoms with Crippen molar-refractivity contribution in [2.24, 2.45) is 7.05 Å². The number of nitro benzene ring substituents is 1. The van der Waals surface area contributed by atoms with E-state index in [9.17, 15) is 14.9 Å². The van der Waals surface area contributed by atoms with Crippen LogP contribution >= 0.6 is 23.1 Å². The number of carbonyl (C=O) groups excluding carboxylic acids is 1. The molecule has 0 saturated carbocycles. The molecule has 0 N–H and O–H groups in total. The van der Waals surface area contributed by atoms with E-state index >= 15 is 0 Å². The number of hydrogen-bond donors (Lipinski definition) is 0. The molecule has 134 valence electrons. The maximum Gasteiger partial charge on any atom is 0.284 e. The largest absolute Gasteiger partial charge is 0.353 e. The maximum absolute atomic E-state index is 12.5. The van der Waals surface area contributed by atoms with Gasteiger partial charge in [0, 0.05) is 45.2 Å². The van der Waals surface area contributed by atoms with Crippen LogP contribution in [0.15, 0.2) is 39.8 Å². The minimum absolute atomic E-state index is 0.156. The smallest absolute Gasteiger partial charge is 0.284 e. The summed E-state index contributed by atoms with van der Waals surface area (Å²) in [4.78, 5) is 29.7. The van der Waals surface area contributed by atoms with Crippen LogP contribution in [0.1, 0.15) is 16.2 Å². The van der Waals surface area contributed by atoms with E-state index in [1.165, 1.54) is 23.6 Å². The van der Waals surface area contributed by atoms with Crippen molar-refractivity contribution in [1.82, 2.24) is 19.7 Å². The molecule has 26 heavy (non-hydrogen) atoms.